The van der Waals surface area contributed by atoms with E-state index >= 15 is 0 Å². The molecule has 1 aromatic rings. The van der Waals surface area contributed by atoms with E-state index in [4.69, 9.17) is 5.73 Å². The number of nitrogens with one attached hydrogen (secondary N) is 1. The minimum Gasteiger partial charge on any atom is -0.350 e. The first-order chi connectivity index (χ1) is 9.17. The molecular weight excluding hydrogens is 276 g/mol. The Labute approximate surface area is 123 Å². The van der Waals surface area contributed by atoms with Crippen molar-refractivity contribution in [3.05, 3.63) is 21.9 Å². The Balaban J connectivity index is 2.46. The van der Waals surface area contributed by atoms with Gasteiger partial charge in [0.25, 0.3) is 5.91 Å². The summed E-state index contributed by atoms with van der Waals surface area (Å²) in [5, 5.41) is 4.84. The highest BCUT2D eigenvalue weighted by atomic mass is 32.2. The Morgan fingerprint density at radius 3 is 3.11 bits per heavy atom. The molecule has 1 amide bonds. The number of thioether (sulfide) groups is 1. The molecule has 0 aliphatic carbocycles. The fraction of sp³-hybridized carbons (Fsp3) is 0.500. The summed E-state index contributed by atoms with van der Waals surface area (Å²) in [6.45, 7) is 4.52. The van der Waals surface area contributed by atoms with Gasteiger partial charge in [0.2, 0.25) is 0 Å². The highest BCUT2D eigenvalue weighted by Gasteiger charge is 2.11. The van der Waals surface area contributed by atoms with E-state index < -0.39 is 0 Å². The number of carbonyl (C=O) groups is 1. The maximum atomic E-state index is 12.0. The van der Waals surface area contributed by atoms with Gasteiger partial charge < -0.3 is 11.1 Å². The summed E-state index contributed by atoms with van der Waals surface area (Å²) in [6.07, 6.45) is 0.994. The van der Waals surface area contributed by atoms with Crippen molar-refractivity contribution in [1.82, 2.24) is 5.32 Å². The quantitative estimate of drug-likeness (QED) is 0.626. The fourth-order valence-corrected chi connectivity index (χ4v) is 3.01. The monoisotopic (exact) mass is 296 g/mol. The van der Waals surface area contributed by atoms with Crippen LogP contribution in [0.2, 0.25) is 0 Å². The van der Waals surface area contributed by atoms with Gasteiger partial charge in [0.1, 0.15) is 0 Å². The van der Waals surface area contributed by atoms with Crippen molar-refractivity contribution in [2.45, 2.75) is 26.3 Å². The zero-order valence-electron chi connectivity index (χ0n) is 11.4. The molecule has 0 fully saturated rings. The molecule has 0 aliphatic heterocycles. The molecule has 0 bridgehead atoms. The van der Waals surface area contributed by atoms with E-state index in [1.165, 1.54) is 11.3 Å². The van der Waals surface area contributed by atoms with Crippen LogP contribution in [0.1, 0.15) is 35.5 Å². The minimum absolute atomic E-state index is 0.0222. The first-order valence-corrected chi connectivity index (χ1v) is 8.36. The summed E-state index contributed by atoms with van der Waals surface area (Å²) in [7, 11) is 0. The third-order valence-electron chi connectivity index (χ3n) is 2.45. The smallest absolute Gasteiger partial charge is 0.252 e. The molecule has 0 spiro atoms. The standard InChI is InChI=1S/C14H20N2OS2/c1-3-18-8-6-11(2)16-14(17)12-9-13(19-10-12)5-4-7-15/h9-11H,3,6-8,15H2,1-2H3,(H,16,17). The van der Waals surface area contributed by atoms with Gasteiger partial charge in [0.15, 0.2) is 0 Å². The number of nitrogens with two attached hydrogens (primary N) is 1. The molecule has 1 atom stereocenters. The van der Waals surface area contributed by atoms with Gasteiger partial charge in [0.05, 0.1) is 17.0 Å². The molecule has 0 saturated carbocycles. The summed E-state index contributed by atoms with van der Waals surface area (Å²) in [5.41, 5.74) is 6.00. The first-order valence-electron chi connectivity index (χ1n) is 6.33. The predicted molar refractivity (Wildman–Crippen MR) is 84.8 cm³/mol. The second-order valence-electron chi connectivity index (χ2n) is 4.07. The molecular formula is C14H20N2OS2. The van der Waals surface area contributed by atoms with E-state index in [9.17, 15) is 4.79 Å². The SMILES string of the molecule is CCSCCC(C)NC(=O)c1csc(C#CCN)c1. The van der Waals surface area contributed by atoms with Gasteiger partial charge >= 0.3 is 0 Å². The summed E-state index contributed by atoms with van der Waals surface area (Å²) < 4.78 is 0. The van der Waals surface area contributed by atoms with E-state index in [2.05, 4.69) is 24.1 Å². The average Bonchev–Trinajstić information content (AvgIpc) is 2.85. The molecule has 0 aliphatic rings. The van der Waals surface area contributed by atoms with Crippen LogP contribution >= 0.6 is 23.1 Å². The predicted octanol–water partition coefficient (Wildman–Crippen LogP) is 2.32. The van der Waals surface area contributed by atoms with Crippen LogP contribution in [0.25, 0.3) is 0 Å². The molecule has 1 aromatic heterocycles. The molecule has 3 nitrogen and oxygen atoms in total. The third kappa shape index (κ3) is 6.15. The highest BCUT2D eigenvalue weighted by Crippen LogP contribution is 2.14. The minimum atomic E-state index is -0.0222. The van der Waals surface area contributed by atoms with E-state index in [1.807, 2.05) is 30.1 Å². The molecule has 0 aromatic carbocycles. The lowest BCUT2D eigenvalue weighted by Crippen LogP contribution is -2.32. The van der Waals surface area contributed by atoms with E-state index in [0.29, 0.717) is 12.1 Å². The van der Waals surface area contributed by atoms with E-state index in [1.54, 1.807) is 0 Å². The van der Waals surface area contributed by atoms with Crippen LogP contribution in [-0.2, 0) is 0 Å². The van der Waals surface area contributed by atoms with Crippen molar-refractivity contribution >= 4 is 29.0 Å². The maximum absolute atomic E-state index is 12.0. The topological polar surface area (TPSA) is 55.1 Å². The lowest BCUT2D eigenvalue weighted by atomic mass is 10.2. The van der Waals surface area contributed by atoms with Crippen LogP contribution in [0.3, 0.4) is 0 Å². The van der Waals surface area contributed by atoms with Crippen molar-refractivity contribution in [3.63, 3.8) is 0 Å². The van der Waals surface area contributed by atoms with E-state index in [-0.39, 0.29) is 11.9 Å². The Bertz CT molecular complexity index is 460. The second-order valence-corrected chi connectivity index (χ2v) is 6.37. The summed E-state index contributed by atoms with van der Waals surface area (Å²) in [4.78, 5) is 12.9. The van der Waals surface area contributed by atoms with Crippen LogP contribution in [0.4, 0.5) is 0 Å². The fourth-order valence-electron chi connectivity index (χ4n) is 1.44. The molecule has 104 valence electrons. The van der Waals surface area contributed by atoms with Crippen molar-refractivity contribution in [1.29, 1.82) is 0 Å². The third-order valence-corrected chi connectivity index (χ3v) is 4.23. The Morgan fingerprint density at radius 2 is 2.42 bits per heavy atom. The zero-order chi connectivity index (χ0) is 14.1. The second kappa shape index (κ2) is 9.03. The number of hydrogen-bond donors (Lipinski definition) is 2. The van der Waals surface area contributed by atoms with Crippen LogP contribution in [0, 0.1) is 11.8 Å². The van der Waals surface area contributed by atoms with Crippen LogP contribution < -0.4 is 11.1 Å². The summed E-state index contributed by atoms with van der Waals surface area (Å²) >= 11 is 3.37. The summed E-state index contributed by atoms with van der Waals surface area (Å²) in [5.74, 6) is 7.90. The zero-order valence-corrected chi connectivity index (χ0v) is 13.0. The number of rotatable bonds is 6. The van der Waals surface area contributed by atoms with Gasteiger partial charge in [-0.25, -0.2) is 0 Å². The van der Waals surface area contributed by atoms with Crippen molar-refractivity contribution < 1.29 is 4.79 Å². The summed E-state index contributed by atoms with van der Waals surface area (Å²) in [6, 6.07) is 2.01. The lowest BCUT2D eigenvalue weighted by molar-refractivity contribution is 0.0940. The number of hydrogen-bond acceptors (Lipinski definition) is 4. The van der Waals surface area contributed by atoms with Crippen LogP contribution in [0.5, 0.6) is 0 Å². The number of thiophene rings is 1. The molecule has 5 heteroatoms. The van der Waals surface area contributed by atoms with Gasteiger partial charge in [-0.1, -0.05) is 18.8 Å². The van der Waals surface area contributed by atoms with E-state index in [0.717, 1.165) is 22.8 Å². The van der Waals surface area contributed by atoms with Gasteiger partial charge in [-0.15, -0.1) is 11.3 Å². The molecule has 1 heterocycles. The van der Waals surface area contributed by atoms with Gasteiger partial charge in [-0.2, -0.15) is 11.8 Å². The molecule has 1 unspecified atom stereocenters. The maximum Gasteiger partial charge on any atom is 0.252 e. The van der Waals surface area contributed by atoms with Crippen molar-refractivity contribution in [2.24, 2.45) is 5.73 Å². The average molecular weight is 296 g/mol. The first kappa shape index (κ1) is 16.1. The Kier molecular flexibility index (Phi) is 7.65. The highest BCUT2D eigenvalue weighted by molar-refractivity contribution is 7.99. The Morgan fingerprint density at radius 1 is 1.63 bits per heavy atom. The lowest BCUT2D eigenvalue weighted by Gasteiger charge is -2.12. The largest absolute Gasteiger partial charge is 0.350 e. The van der Waals surface area contributed by atoms with Gasteiger partial charge in [-0.05, 0) is 30.9 Å². The Hall–Kier alpha value is -0.960. The molecule has 19 heavy (non-hydrogen) atoms. The number of carbonyl (C=O) groups excluding carboxylic acids is 1. The number of amides is 1. The molecule has 3 N–H and O–H groups in total. The van der Waals surface area contributed by atoms with Gasteiger partial charge in [0, 0.05) is 11.4 Å². The molecule has 1 rings (SSSR count). The van der Waals surface area contributed by atoms with Crippen LogP contribution in [0.15, 0.2) is 11.4 Å². The normalized spacial score (nSPS) is 11.5. The van der Waals surface area contributed by atoms with Crippen LogP contribution in [-0.4, -0.2) is 30.0 Å². The molecule has 0 radical (unpaired) electrons. The van der Waals surface area contributed by atoms with Crippen molar-refractivity contribution in [2.75, 3.05) is 18.1 Å². The van der Waals surface area contributed by atoms with Crippen molar-refractivity contribution in [3.8, 4) is 11.8 Å². The molecule has 0 saturated heterocycles. The van der Waals surface area contributed by atoms with Gasteiger partial charge in [-0.3, -0.25) is 4.79 Å².